The van der Waals surface area contributed by atoms with Gasteiger partial charge in [0.25, 0.3) is 5.91 Å². The van der Waals surface area contributed by atoms with Crippen molar-refractivity contribution in [3.05, 3.63) is 70.3 Å². The largest absolute Gasteiger partial charge is 0.490 e. The number of methoxy groups -OCH3 is 1. The molecule has 2 aliphatic carbocycles. The van der Waals surface area contributed by atoms with Crippen LogP contribution in [-0.2, 0) is 31.3 Å². The fourth-order valence-electron chi connectivity index (χ4n) is 10.7. The van der Waals surface area contributed by atoms with E-state index in [1.807, 2.05) is 39.2 Å². The number of hydrogen-bond acceptors (Lipinski definition) is 9. The number of carbonyl (C=O) groups is 1. The van der Waals surface area contributed by atoms with Crippen LogP contribution in [0.2, 0.25) is 5.02 Å². The maximum Gasteiger partial charge on any atom is 0.264 e. The molecule has 1 saturated carbocycles. The predicted octanol–water partition coefficient (Wildman–Crippen LogP) is 5.68. The van der Waals surface area contributed by atoms with Crippen molar-refractivity contribution < 1.29 is 27.4 Å². The molecule has 0 unspecified atom stereocenters. The summed E-state index contributed by atoms with van der Waals surface area (Å²) in [6, 6.07) is 12.1. The molecule has 2 aromatic carbocycles. The van der Waals surface area contributed by atoms with E-state index in [-0.39, 0.29) is 17.3 Å². The number of allylic oxidation sites excluding steroid dienone is 1. The van der Waals surface area contributed by atoms with Gasteiger partial charge in [0, 0.05) is 75.0 Å². The van der Waals surface area contributed by atoms with Crippen molar-refractivity contribution in [2.45, 2.75) is 81.1 Å². The molecule has 0 aromatic heterocycles. The van der Waals surface area contributed by atoms with Gasteiger partial charge in [-0.2, -0.15) is 0 Å². The molecule has 294 valence electrons. The number of nitrogens with one attached hydrogen (secondary N) is 1. The number of hydrogen-bond donors (Lipinski definition) is 1. The Labute approximate surface area is 326 Å². The molecule has 0 radical (unpaired) electrons. The van der Waals surface area contributed by atoms with Crippen molar-refractivity contribution in [2.24, 2.45) is 17.8 Å². The molecule has 8 rings (SSSR count). The van der Waals surface area contributed by atoms with Crippen molar-refractivity contribution in [1.29, 1.82) is 0 Å². The minimum atomic E-state index is -3.97. The lowest BCUT2D eigenvalue weighted by Gasteiger charge is -2.53. The van der Waals surface area contributed by atoms with Gasteiger partial charge in [-0.15, -0.1) is 0 Å². The zero-order valence-electron chi connectivity index (χ0n) is 32.1. The Morgan fingerprint density at radius 3 is 2.76 bits per heavy atom. The second kappa shape index (κ2) is 15.3. The molecule has 7 atom stereocenters. The van der Waals surface area contributed by atoms with Crippen molar-refractivity contribution in [1.82, 2.24) is 14.5 Å². The molecule has 2 aromatic rings. The van der Waals surface area contributed by atoms with E-state index < -0.39 is 26.8 Å². The Kier molecular flexibility index (Phi) is 10.9. The summed E-state index contributed by atoms with van der Waals surface area (Å²) >= 11 is 6.52. The van der Waals surface area contributed by atoms with Gasteiger partial charge in [-0.1, -0.05) is 43.7 Å². The number of rotatable bonds is 4. The monoisotopic (exact) mass is 780 g/mol. The normalized spacial score (nSPS) is 35.0. The summed E-state index contributed by atoms with van der Waals surface area (Å²) < 4.78 is 49.5. The average molecular weight is 781 g/mol. The molecule has 10 nitrogen and oxygen atoms in total. The smallest absolute Gasteiger partial charge is 0.264 e. The SMILES string of the molecule is CC[C@@H]1[C@@H](C)C/C=C/[C@@](CN2CCN3CCOC[C@@H]3C2)(OC)[C@@H]2CC[C@H]2CN2C[C@@]3(CCCc4cc(Cl)ccc43)COc3ccc(cc32)C(=O)NS1(=O)=O. The highest BCUT2D eigenvalue weighted by molar-refractivity contribution is 7.90. The third-order valence-corrected chi connectivity index (χ3v) is 16.1. The van der Waals surface area contributed by atoms with Crippen LogP contribution in [0.5, 0.6) is 5.75 Å². The number of ether oxygens (including phenoxy) is 3. The van der Waals surface area contributed by atoms with Crippen molar-refractivity contribution in [2.75, 3.05) is 77.6 Å². The molecule has 12 heteroatoms. The number of amides is 1. The first-order valence-electron chi connectivity index (χ1n) is 20.2. The number of carbonyl (C=O) groups excluding carboxylic acids is 1. The first-order valence-corrected chi connectivity index (χ1v) is 22.1. The highest BCUT2D eigenvalue weighted by Crippen LogP contribution is 2.49. The zero-order valence-corrected chi connectivity index (χ0v) is 33.7. The third-order valence-electron chi connectivity index (χ3n) is 13.8. The maximum absolute atomic E-state index is 13.9. The zero-order chi connectivity index (χ0) is 37.7. The van der Waals surface area contributed by atoms with Gasteiger partial charge in [0.1, 0.15) is 11.4 Å². The number of aryl methyl sites for hydroxylation is 1. The van der Waals surface area contributed by atoms with Gasteiger partial charge in [0.15, 0.2) is 0 Å². The highest BCUT2D eigenvalue weighted by Gasteiger charge is 2.50. The van der Waals surface area contributed by atoms with Gasteiger partial charge in [-0.05, 0) is 104 Å². The van der Waals surface area contributed by atoms with Crippen molar-refractivity contribution in [3.8, 4) is 5.75 Å². The Hall–Kier alpha value is -2.67. The average Bonchev–Trinajstić information content (AvgIpc) is 3.29. The second-order valence-electron chi connectivity index (χ2n) is 16.9. The molecule has 4 aliphatic heterocycles. The van der Waals surface area contributed by atoms with Gasteiger partial charge in [-0.3, -0.25) is 14.6 Å². The lowest BCUT2D eigenvalue weighted by Crippen LogP contribution is -2.62. The molecule has 3 fully saturated rings. The highest BCUT2D eigenvalue weighted by atomic mass is 35.5. The number of morpholine rings is 1. The minimum absolute atomic E-state index is 0.209. The molecule has 2 bridgehead atoms. The van der Waals surface area contributed by atoms with Crippen LogP contribution in [0, 0.1) is 17.8 Å². The van der Waals surface area contributed by atoms with E-state index in [1.54, 1.807) is 6.07 Å². The molecule has 1 spiro atoms. The van der Waals surface area contributed by atoms with Crippen LogP contribution >= 0.6 is 11.6 Å². The van der Waals surface area contributed by atoms with E-state index in [9.17, 15) is 13.2 Å². The van der Waals surface area contributed by atoms with Crippen molar-refractivity contribution >= 4 is 33.2 Å². The number of nitrogens with zero attached hydrogens (tertiary/aromatic N) is 3. The molecule has 1 N–H and O–H groups in total. The standard InChI is InChI=1S/C42H57ClN4O6S/c1-4-39-29(2)7-5-16-42(51-3,27-45-17-18-46-19-20-52-25-34(46)24-45)36-12-9-32(36)23-47-26-41(15-6-8-30-21-33(43)11-13-35(30)41)28-53-38-14-10-31(22-37(38)47)40(48)44-54(39,49)50/h5,10-11,13-14,16,21-22,29,32,34,36,39H,4,6-9,12,15,17-20,23-28H2,1-3H3,(H,44,48)/b16-5+/t29-,32-,34-,36+,39+,41-,42-/m0/s1. The third kappa shape index (κ3) is 7.22. The summed E-state index contributed by atoms with van der Waals surface area (Å²) in [5.74, 6) is 0.484. The molecule has 2 saturated heterocycles. The fraction of sp³-hybridized carbons (Fsp3) is 0.643. The van der Waals surface area contributed by atoms with Crippen LogP contribution in [0.15, 0.2) is 48.6 Å². The van der Waals surface area contributed by atoms with Gasteiger partial charge >= 0.3 is 0 Å². The summed E-state index contributed by atoms with van der Waals surface area (Å²) in [6.45, 7) is 12.1. The Morgan fingerprint density at radius 1 is 1.09 bits per heavy atom. The molecule has 4 heterocycles. The topological polar surface area (TPSA) is 101 Å². The Morgan fingerprint density at radius 2 is 1.96 bits per heavy atom. The molecular weight excluding hydrogens is 724 g/mol. The number of fused-ring (bicyclic) bond motifs is 5. The van der Waals surface area contributed by atoms with Crippen LogP contribution in [0.1, 0.15) is 73.9 Å². The lowest BCUT2D eigenvalue weighted by molar-refractivity contribution is -0.108. The minimum Gasteiger partial charge on any atom is -0.490 e. The van der Waals surface area contributed by atoms with Crippen LogP contribution in [0.4, 0.5) is 5.69 Å². The molecule has 6 aliphatic rings. The molecular formula is C42H57ClN4O6S. The molecule has 54 heavy (non-hydrogen) atoms. The summed E-state index contributed by atoms with van der Waals surface area (Å²) in [4.78, 5) is 21.3. The van der Waals surface area contributed by atoms with Gasteiger partial charge in [0.05, 0.1) is 30.8 Å². The summed E-state index contributed by atoms with van der Waals surface area (Å²) in [7, 11) is -2.11. The van der Waals surface area contributed by atoms with E-state index >= 15 is 0 Å². The van der Waals surface area contributed by atoms with Crippen LogP contribution in [0.25, 0.3) is 0 Å². The summed E-state index contributed by atoms with van der Waals surface area (Å²) in [5, 5.41) is 0.0184. The van der Waals surface area contributed by atoms with Gasteiger partial charge in [0.2, 0.25) is 10.0 Å². The van der Waals surface area contributed by atoms with E-state index in [0.717, 1.165) is 108 Å². The first-order chi connectivity index (χ1) is 26.0. The van der Waals surface area contributed by atoms with E-state index in [0.29, 0.717) is 37.0 Å². The van der Waals surface area contributed by atoms with E-state index in [1.165, 1.54) is 11.1 Å². The van der Waals surface area contributed by atoms with Crippen LogP contribution in [-0.4, -0.2) is 114 Å². The van der Waals surface area contributed by atoms with Gasteiger partial charge in [-0.25, -0.2) is 13.1 Å². The molecule has 1 amide bonds. The second-order valence-corrected chi connectivity index (χ2v) is 19.3. The van der Waals surface area contributed by atoms with Crippen molar-refractivity contribution in [3.63, 3.8) is 0 Å². The number of sulfonamides is 1. The van der Waals surface area contributed by atoms with E-state index in [2.05, 4.69) is 43.7 Å². The maximum atomic E-state index is 13.9. The number of piperazine rings is 1. The number of halogens is 1. The first kappa shape index (κ1) is 38.2. The quantitative estimate of drug-likeness (QED) is 0.394. The predicted molar refractivity (Wildman–Crippen MR) is 212 cm³/mol. The Bertz CT molecular complexity index is 1860. The number of anilines is 1. The van der Waals surface area contributed by atoms with E-state index in [4.69, 9.17) is 25.8 Å². The number of benzene rings is 2. The fourth-order valence-corrected chi connectivity index (χ4v) is 12.6. The summed E-state index contributed by atoms with van der Waals surface area (Å²) in [5.41, 5.74) is 2.89. The lowest BCUT2D eigenvalue weighted by atomic mass is 9.63. The Balaban J connectivity index is 1.19. The van der Waals surface area contributed by atoms with Crippen LogP contribution in [0.3, 0.4) is 0 Å². The summed E-state index contributed by atoms with van der Waals surface area (Å²) in [6.07, 6.45) is 10.5. The van der Waals surface area contributed by atoms with Crippen LogP contribution < -0.4 is 14.4 Å². The van der Waals surface area contributed by atoms with Gasteiger partial charge < -0.3 is 19.1 Å².